The van der Waals surface area contributed by atoms with Crippen LogP contribution in [0.3, 0.4) is 0 Å². The number of benzene rings is 2. The highest BCUT2D eigenvalue weighted by Crippen LogP contribution is 2.24. The molecule has 4 rings (SSSR count). The second-order valence-electron chi connectivity index (χ2n) is 7.64. The molecule has 2 heterocycles. The summed E-state index contributed by atoms with van der Waals surface area (Å²) in [5, 5.41) is 19.2. The Labute approximate surface area is 189 Å². The topological polar surface area (TPSA) is 99.6 Å². The van der Waals surface area contributed by atoms with Crippen LogP contribution >= 0.6 is 0 Å². The Morgan fingerprint density at radius 3 is 2.67 bits per heavy atom. The fraction of sp³-hybridized carbons (Fsp3) is 0.292. The van der Waals surface area contributed by atoms with Crippen molar-refractivity contribution < 1.29 is 23.4 Å². The van der Waals surface area contributed by atoms with Crippen molar-refractivity contribution >= 4 is 11.0 Å². The summed E-state index contributed by atoms with van der Waals surface area (Å²) in [6.07, 6.45) is 1.42. The lowest BCUT2D eigenvalue weighted by Gasteiger charge is -2.13. The van der Waals surface area contributed by atoms with Gasteiger partial charge >= 0.3 is 5.63 Å². The van der Waals surface area contributed by atoms with E-state index in [4.69, 9.17) is 13.9 Å². The molecule has 33 heavy (non-hydrogen) atoms. The van der Waals surface area contributed by atoms with Crippen LogP contribution in [0.4, 0.5) is 4.39 Å². The molecular weight excluding hydrogens is 429 g/mol. The van der Waals surface area contributed by atoms with E-state index in [1.165, 1.54) is 28.9 Å². The SMILES string of the molecule is CCc1c(C)c2ccc(OCC(O)Cn3cc(COc4ccc(F)cc4)nn3)cc2oc1=O. The van der Waals surface area contributed by atoms with Crippen molar-refractivity contribution in [3.63, 3.8) is 0 Å². The molecule has 0 saturated carbocycles. The molecule has 0 aliphatic rings. The second-order valence-corrected chi connectivity index (χ2v) is 7.64. The summed E-state index contributed by atoms with van der Waals surface area (Å²) in [4.78, 5) is 12.1. The molecule has 9 heteroatoms. The maximum Gasteiger partial charge on any atom is 0.339 e. The van der Waals surface area contributed by atoms with Crippen LogP contribution in [0.2, 0.25) is 0 Å². The van der Waals surface area contributed by atoms with E-state index in [1.54, 1.807) is 18.3 Å². The first-order valence-corrected chi connectivity index (χ1v) is 10.6. The molecule has 1 N–H and O–H groups in total. The average Bonchev–Trinajstić information content (AvgIpc) is 3.24. The summed E-state index contributed by atoms with van der Waals surface area (Å²) in [5.74, 6) is 0.672. The van der Waals surface area contributed by atoms with Gasteiger partial charge in [0.2, 0.25) is 0 Å². The zero-order valence-corrected chi connectivity index (χ0v) is 18.3. The van der Waals surface area contributed by atoms with Crippen molar-refractivity contribution in [3.8, 4) is 11.5 Å². The van der Waals surface area contributed by atoms with E-state index < -0.39 is 6.10 Å². The zero-order valence-electron chi connectivity index (χ0n) is 18.3. The number of nitrogens with zero attached hydrogens (tertiary/aromatic N) is 3. The van der Waals surface area contributed by atoms with Crippen molar-refractivity contribution in [2.24, 2.45) is 0 Å². The number of hydrogen-bond donors (Lipinski definition) is 1. The van der Waals surface area contributed by atoms with Gasteiger partial charge < -0.3 is 19.0 Å². The van der Waals surface area contributed by atoms with Gasteiger partial charge in [-0.25, -0.2) is 13.9 Å². The van der Waals surface area contributed by atoms with Gasteiger partial charge in [0.15, 0.2) is 0 Å². The summed E-state index contributed by atoms with van der Waals surface area (Å²) in [7, 11) is 0. The Hall–Kier alpha value is -3.72. The lowest BCUT2D eigenvalue weighted by molar-refractivity contribution is 0.0888. The molecule has 1 unspecified atom stereocenters. The van der Waals surface area contributed by atoms with E-state index in [0.29, 0.717) is 34.8 Å². The van der Waals surface area contributed by atoms with E-state index in [0.717, 1.165) is 10.9 Å². The molecule has 4 aromatic rings. The Balaban J connectivity index is 1.32. The Morgan fingerprint density at radius 1 is 1.15 bits per heavy atom. The van der Waals surface area contributed by atoms with Gasteiger partial charge in [-0.1, -0.05) is 12.1 Å². The number of aliphatic hydroxyl groups excluding tert-OH is 1. The van der Waals surface area contributed by atoms with E-state index in [-0.39, 0.29) is 31.2 Å². The summed E-state index contributed by atoms with van der Waals surface area (Å²) in [5.41, 5.74) is 2.25. The lowest BCUT2D eigenvalue weighted by Crippen LogP contribution is -2.24. The van der Waals surface area contributed by atoms with Crippen LogP contribution in [0.1, 0.15) is 23.7 Å². The molecule has 0 aliphatic carbocycles. The predicted octanol–water partition coefficient (Wildman–Crippen LogP) is 3.41. The van der Waals surface area contributed by atoms with Gasteiger partial charge in [-0.15, -0.1) is 5.10 Å². The number of aryl methyl sites for hydroxylation is 1. The van der Waals surface area contributed by atoms with Gasteiger partial charge in [-0.3, -0.25) is 0 Å². The Bertz CT molecular complexity index is 1300. The molecule has 0 spiro atoms. The molecule has 1 atom stereocenters. The average molecular weight is 453 g/mol. The highest BCUT2D eigenvalue weighted by molar-refractivity contribution is 5.82. The smallest absolute Gasteiger partial charge is 0.339 e. The number of fused-ring (bicyclic) bond motifs is 1. The number of hydrogen-bond acceptors (Lipinski definition) is 7. The van der Waals surface area contributed by atoms with Gasteiger partial charge in [0, 0.05) is 17.0 Å². The van der Waals surface area contributed by atoms with Crippen LogP contribution in [0.5, 0.6) is 11.5 Å². The van der Waals surface area contributed by atoms with Gasteiger partial charge in [-0.2, -0.15) is 0 Å². The molecule has 0 saturated heterocycles. The van der Waals surface area contributed by atoms with E-state index >= 15 is 0 Å². The molecule has 2 aromatic heterocycles. The van der Waals surface area contributed by atoms with Gasteiger partial charge in [0.05, 0.1) is 12.7 Å². The van der Waals surface area contributed by atoms with Crippen molar-refractivity contribution in [3.05, 3.63) is 81.7 Å². The summed E-state index contributed by atoms with van der Waals surface area (Å²) < 4.78 is 31.1. The number of aromatic nitrogens is 3. The van der Waals surface area contributed by atoms with Crippen LogP contribution in [-0.4, -0.2) is 32.8 Å². The van der Waals surface area contributed by atoms with E-state index in [2.05, 4.69) is 10.3 Å². The zero-order chi connectivity index (χ0) is 23.4. The first-order valence-electron chi connectivity index (χ1n) is 10.6. The summed E-state index contributed by atoms with van der Waals surface area (Å²) in [6.45, 7) is 4.17. The molecule has 8 nitrogen and oxygen atoms in total. The molecule has 0 amide bonds. The minimum Gasteiger partial charge on any atom is -0.491 e. The fourth-order valence-electron chi connectivity index (χ4n) is 3.52. The molecule has 172 valence electrons. The lowest BCUT2D eigenvalue weighted by atomic mass is 10.0. The number of aliphatic hydroxyl groups is 1. The molecular formula is C24H24FN3O5. The third-order valence-corrected chi connectivity index (χ3v) is 5.24. The van der Waals surface area contributed by atoms with Crippen LogP contribution in [0.25, 0.3) is 11.0 Å². The monoisotopic (exact) mass is 453 g/mol. The Morgan fingerprint density at radius 2 is 1.91 bits per heavy atom. The maximum absolute atomic E-state index is 12.9. The summed E-state index contributed by atoms with van der Waals surface area (Å²) >= 11 is 0. The highest BCUT2D eigenvalue weighted by Gasteiger charge is 2.13. The van der Waals surface area contributed by atoms with Crippen molar-refractivity contribution in [2.45, 2.75) is 39.5 Å². The highest BCUT2D eigenvalue weighted by atomic mass is 19.1. The number of halogens is 1. The van der Waals surface area contributed by atoms with Gasteiger partial charge in [0.1, 0.15) is 47.9 Å². The maximum atomic E-state index is 12.9. The first kappa shape index (κ1) is 22.5. The molecule has 0 bridgehead atoms. The third kappa shape index (κ3) is 5.38. The molecule has 0 radical (unpaired) electrons. The van der Waals surface area contributed by atoms with E-state index in [9.17, 15) is 14.3 Å². The molecule has 0 aliphatic heterocycles. The minimum absolute atomic E-state index is 0.0169. The number of rotatable bonds is 9. The quantitative estimate of drug-likeness (QED) is 0.388. The third-order valence-electron chi connectivity index (χ3n) is 5.24. The number of ether oxygens (including phenoxy) is 2. The molecule has 0 fully saturated rings. The Kier molecular flexibility index (Phi) is 6.69. The first-order chi connectivity index (χ1) is 15.9. The normalized spacial score (nSPS) is 12.1. The summed E-state index contributed by atoms with van der Waals surface area (Å²) in [6, 6.07) is 11.0. The van der Waals surface area contributed by atoms with Crippen LogP contribution in [0.15, 0.2) is 57.9 Å². The van der Waals surface area contributed by atoms with E-state index in [1.807, 2.05) is 19.9 Å². The second kappa shape index (κ2) is 9.83. The van der Waals surface area contributed by atoms with Crippen molar-refractivity contribution in [1.29, 1.82) is 0 Å². The fourth-order valence-corrected chi connectivity index (χ4v) is 3.52. The van der Waals surface area contributed by atoms with Crippen LogP contribution in [0, 0.1) is 12.7 Å². The minimum atomic E-state index is -0.843. The van der Waals surface area contributed by atoms with Crippen molar-refractivity contribution in [1.82, 2.24) is 15.0 Å². The molecule has 2 aromatic carbocycles. The van der Waals surface area contributed by atoms with Gasteiger partial charge in [0.25, 0.3) is 0 Å². The van der Waals surface area contributed by atoms with Crippen LogP contribution in [-0.2, 0) is 19.6 Å². The van der Waals surface area contributed by atoms with Crippen molar-refractivity contribution in [2.75, 3.05) is 6.61 Å². The standard InChI is InChI=1S/C24H24FN3O5/c1-3-21-15(2)22-9-8-20(10-23(22)33-24(21)30)32-14-18(29)12-28-11-17(26-27-28)13-31-19-6-4-16(25)5-7-19/h4-11,18,29H,3,12-14H2,1-2H3. The van der Waals surface area contributed by atoms with Gasteiger partial charge in [-0.05, 0) is 55.3 Å². The predicted molar refractivity (Wildman–Crippen MR) is 119 cm³/mol. The van der Waals surface area contributed by atoms with Crippen LogP contribution < -0.4 is 15.1 Å². The largest absolute Gasteiger partial charge is 0.491 e.